The van der Waals surface area contributed by atoms with Crippen LogP contribution in [0.4, 0.5) is 0 Å². The van der Waals surface area contributed by atoms with Crippen LogP contribution in [-0.4, -0.2) is 55.7 Å². The average molecular weight is 304 g/mol. The van der Waals surface area contributed by atoms with Gasteiger partial charge in [0, 0.05) is 27.9 Å². The monoisotopic (exact) mass is 304 g/mol. The Kier molecular flexibility index (Phi) is 6.10. The predicted molar refractivity (Wildman–Crippen MR) is 68.0 cm³/mol. The zero-order valence-corrected chi connectivity index (χ0v) is 12.7. The highest BCUT2D eigenvalue weighted by atomic mass is 16.7. The van der Waals surface area contributed by atoms with E-state index in [4.69, 9.17) is 23.7 Å². The van der Waals surface area contributed by atoms with Crippen molar-refractivity contribution in [1.29, 1.82) is 0 Å². The summed E-state index contributed by atoms with van der Waals surface area (Å²) < 4.78 is 26.0. The van der Waals surface area contributed by atoms with Crippen molar-refractivity contribution in [2.24, 2.45) is 0 Å². The lowest BCUT2D eigenvalue weighted by atomic mass is 9.99. The Morgan fingerprint density at radius 2 is 1.24 bits per heavy atom. The molecule has 1 rings (SSSR count). The van der Waals surface area contributed by atoms with Crippen molar-refractivity contribution in [3.8, 4) is 0 Å². The molecule has 0 aromatic rings. The molecule has 8 nitrogen and oxygen atoms in total. The van der Waals surface area contributed by atoms with Gasteiger partial charge in [0.25, 0.3) is 0 Å². The maximum absolute atomic E-state index is 11.3. The molecule has 0 spiro atoms. The van der Waals surface area contributed by atoms with Gasteiger partial charge in [0.05, 0.1) is 6.10 Å². The molecule has 0 aromatic carbocycles. The van der Waals surface area contributed by atoms with Gasteiger partial charge in [-0.3, -0.25) is 14.4 Å². The van der Waals surface area contributed by atoms with Crippen LogP contribution in [0, 0.1) is 0 Å². The molecule has 2 unspecified atom stereocenters. The van der Waals surface area contributed by atoms with Gasteiger partial charge in [0.15, 0.2) is 24.6 Å². The van der Waals surface area contributed by atoms with Crippen LogP contribution in [0.2, 0.25) is 0 Å². The third-order valence-corrected chi connectivity index (χ3v) is 2.87. The van der Waals surface area contributed by atoms with E-state index in [9.17, 15) is 14.4 Å². The number of carbonyl (C=O) groups excluding carboxylic acids is 3. The molecular formula is C13H20O8. The summed E-state index contributed by atoms with van der Waals surface area (Å²) in [5, 5.41) is 0. The average Bonchev–Trinajstić information content (AvgIpc) is 2.35. The highest BCUT2D eigenvalue weighted by molar-refractivity contribution is 5.68. The number of rotatable bonds is 4. The second kappa shape index (κ2) is 7.37. The first-order chi connectivity index (χ1) is 9.76. The molecule has 0 N–H and O–H groups in total. The van der Waals surface area contributed by atoms with Gasteiger partial charge in [-0.05, 0) is 6.92 Å². The number of carbonyl (C=O) groups is 3. The van der Waals surface area contributed by atoms with Gasteiger partial charge in [-0.2, -0.15) is 0 Å². The summed E-state index contributed by atoms with van der Waals surface area (Å²) in [5.74, 6) is -1.76. The van der Waals surface area contributed by atoms with Crippen LogP contribution in [0.3, 0.4) is 0 Å². The third kappa shape index (κ3) is 4.68. The molecule has 0 aromatic heterocycles. The third-order valence-electron chi connectivity index (χ3n) is 2.87. The number of hydrogen-bond acceptors (Lipinski definition) is 8. The minimum absolute atomic E-state index is 0.565. The van der Waals surface area contributed by atoms with Crippen molar-refractivity contribution in [2.75, 3.05) is 7.11 Å². The summed E-state index contributed by atoms with van der Waals surface area (Å²) in [6, 6.07) is 0. The van der Waals surface area contributed by atoms with E-state index in [1.807, 2.05) is 0 Å². The second-order valence-electron chi connectivity index (χ2n) is 4.67. The second-order valence-corrected chi connectivity index (χ2v) is 4.67. The Morgan fingerprint density at radius 3 is 1.67 bits per heavy atom. The first kappa shape index (κ1) is 17.4. The van der Waals surface area contributed by atoms with E-state index in [1.165, 1.54) is 27.9 Å². The molecule has 0 bridgehead atoms. The van der Waals surface area contributed by atoms with Crippen LogP contribution in [-0.2, 0) is 38.1 Å². The van der Waals surface area contributed by atoms with Gasteiger partial charge < -0.3 is 23.7 Å². The fraction of sp³-hybridized carbons (Fsp3) is 0.769. The van der Waals surface area contributed by atoms with Crippen molar-refractivity contribution >= 4 is 17.9 Å². The maximum atomic E-state index is 11.3. The fourth-order valence-corrected chi connectivity index (χ4v) is 2.16. The Bertz CT molecular complexity index is 407. The maximum Gasteiger partial charge on any atom is 0.303 e. The lowest BCUT2D eigenvalue weighted by Crippen LogP contribution is -2.60. The summed E-state index contributed by atoms with van der Waals surface area (Å²) in [6.07, 6.45) is -4.47. The summed E-state index contributed by atoms with van der Waals surface area (Å²) in [7, 11) is 1.37. The zero-order valence-electron chi connectivity index (χ0n) is 12.7. The lowest BCUT2D eigenvalue weighted by Gasteiger charge is -2.42. The Morgan fingerprint density at radius 1 is 0.810 bits per heavy atom. The van der Waals surface area contributed by atoms with Crippen molar-refractivity contribution in [1.82, 2.24) is 0 Å². The standard InChI is InChI=1S/C13H20O8/c1-6-10(19-7(2)14)11(20-8(3)15)12(21-9(4)16)13(17-5)18-6/h6,10-13H,1-5H3/t6?,10-,11+,12?,13-/m1/s1. The molecule has 120 valence electrons. The molecule has 1 heterocycles. The molecule has 5 atom stereocenters. The van der Waals surface area contributed by atoms with Crippen LogP contribution >= 0.6 is 0 Å². The van der Waals surface area contributed by atoms with Crippen LogP contribution < -0.4 is 0 Å². The molecule has 1 fully saturated rings. The minimum Gasteiger partial charge on any atom is -0.456 e. The molecule has 8 heteroatoms. The quantitative estimate of drug-likeness (QED) is 0.535. The van der Waals surface area contributed by atoms with Gasteiger partial charge in [-0.15, -0.1) is 0 Å². The fourth-order valence-electron chi connectivity index (χ4n) is 2.16. The molecule has 0 aliphatic carbocycles. The van der Waals surface area contributed by atoms with Gasteiger partial charge in [-0.1, -0.05) is 0 Å². The van der Waals surface area contributed by atoms with Gasteiger partial charge in [-0.25, -0.2) is 0 Å². The summed E-state index contributed by atoms with van der Waals surface area (Å²) in [4.78, 5) is 33.7. The van der Waals surface area contributed by atoms with Crippen molar-refractivity contribution in [2.45, 2.75) is 58.4 Å². The lowest BCUT2D eigenvalue weighted by molar-refractivity contribution is -0.294. The Balaban J connectivity index is 3.08. The van der Waals surface area contributed by atoms with E-state index in [1.54, 1.807) is 6.92 Å². The number of methoxy groups -OCH3 is 1. The van der Waals surface area contributed by atoms with E-state index >= 15 is 0 Å². The molecule has 0 saturated carbocycles. The van der Waals surface area contributed by atoms with E-state index < -0.39 is 48.6 Å². The van der Waals surface area contributed by atoms with Crippen LogP contribution in [0.5, 0.6) is 0 Å². The topological polar surface area (TPSA) is 97.4 Å². The molecule has 0 radical (unpaired) electrons. The normalized spacial score (nSPS) is 32.1. The number of hydrogen-bond donors (Lipinski definition) is 0. The highest BCUT2D eigenvalue weighted by Gasteiger charge is 2.50. The van der Waals surface area contributed by atoms with E-state index in [-0.39, 0.29) is 0 Å². The zero-order chi connectivity index (χ0) is 16.2. The number of esters is 3. The summed E-state index contributed by atoms with van der Waals surface area (Å²) >= 11 is 0. The smallest absolute Gasteiger partial charge is 0.303 e. The van der Waals surface area contributed by atoms with Gasteiger partial charge >= 0.3 is 17.9 Å². The first-order valence-corrected chi connectivity index (χ1v) is 6.46. The van der Waals surface area contributed by atoms with Crippen LogP contribution in [0.1, 0.15) is 27.7 Å². The van der Waals surface area contributed by atoms with E-state index in [0.717, 1.165) is 0 Å². The molecule has 1 aliphatic rings. The SMILES string of the molecule is CO[C@@H]1OC(C)[C@@H](OC(C)=O)[C@H](OC(C)=O)C1OC(C)=O. The summed E-state index contributed by atoms with van der Waals surface area (Å²) in [6.45, 7) is 5.27. The van der Waals surface area contributed by atoms with Crippen molar-refractivity contribution in [3.63, 3.8) is 0 Å². The van der Waals surface area contributed by atoms with E-state index in [2.05, 4.69) is 0 Å². The van der Waals surface area contributed by atoms with E-state index in [0.29, 0.717) is 0 Å². The highest BCUT2D eigenvalue weighted by Crippen LogP contribution is 2.28. The molecule has 21 heavy (non-hydrogen) atoms. The summed E-state index contributed by atoms with van der Waals surface area (Å²) in [5.41, 5.74) is 0. The predicted octanol–water partition coefficient (Wildman–Crippen LogP) is 0.173. The molecule has 1 aliphatic heterocycles. The van der Waals surface area contributed by atoms with Gasteiger partial charge in [0.2, 0.25) is 0 Å². The van der Waals surface area contributed by atoms with Crippen LogP contribution in [0.15, 0.2) is 0 Å². The minimum atomic E-state index is -1.03. The molecule has 1 saturated heterocycles. The Labute approximate surface area is 122 Å². The Hall–Kier alpha value is -1.67. The van der Waals surface area contributed by atoms with Crippen molar-refractivity contribution in [3.05, 3.63) is 0 Å². The van der Waals surface area contributed by atoms with Crippen molar-refractivity contribution < 1.29 is 38.1 Å². The molecule has 0 amide bonds. The molecular weight excluding hydrogens is 284 g/mol. The van der Waals surface area contributed by atoms with Gasteiger partial charge in [0.1, 0.15) is 0 Å². The number of ether oxygens (including phenoxy) is 5. The first-order valence-electron chi connectivity index (χ1n) is 6.46. The van der Waals surface area contributed by atoms with Crippen LogP contribution in [0.25, 0.3) is 0 Å². The largest absolute Gasteiger partial charge is 0.456 e.